The number of para-hydroxylation sites is 10. The number of hydrogen-bond acceptors (Lipinski definition) is 6. The maximum absolute atomic E-state index is 2.53. The molecule has 0 N–H and O–H groups in total. The lowest BCUT2D eigenvalue weighted by Gasteiger charge is -2.45. The Kier molecular flexibility index (Phi) is 18.3. The summed E-state index contributed by atoms with van der Waals surface area (Å²) in [4.78, 5) is 14.7. The van der Waals surface area contributed by atoms with Gasteiger partial charge in [0.2, 0.25) is 0 Å². The molecule has 0 aromatic heterocycles. The topological polar surface area (TPSA) is 19.4 Å². The van der Waals surface area contributed by atoms with Crippen molar-refractivity contribution < 1.29 is 0 Å². The van der Waals surface area contributed by atoms with Crippen molar-refractivity contribution in [1.82, 2.24) is 0 Å². The average molecular weight is 1630 g/mol. The van der Waals surface area contributed by atoms with Gasteiger partial charge in [-0.25, -0.2) is 0 Å². The molecule has 0 fully saturated rings. The van der Waals surface area contributed by atoms with E-state index in [0.717, 1.165) is 125 Å². The largest absolute Gasteiger partial charge is 0.310 e. The second-order valence-corrected chi connectivity index (χ2v) is 33.4. The zero-order chi connectivity index (χ0) is 84.6. The summed E-state index contributed by atoms with van der Waals surface area (Å²) < 4.78 is 0. The molecule has 24 rings (SSSR count). The van der Waals surface area contributed by atoms with Crippen LogP contribution in [0.15, 0.2) is 510 Å². The van der Waals surface area contributed by atoms with Crippen molar-refractivity contribution in [3.8, 4) is 55.6 Å². The maximum Gasteiger partial charge on any atom is 0.0755 e. The van der Waals surface area contributed by atoms with E-state index in [9.17, 15) is 0 Å². The van der Waals surface area contributed by atoms with Crippen molar-refractivity contribution in [2.75, 3.05) is 29.4 Å². The van der Waals surface area contributed by atoms with E-state index in [1.54, 1.807) is 0 Å². The van der Waals surface area contributed by atoms with Crippen LogP contribution in [0.3, 0.4) is 0 Å². The molecular weight excluding hydrogens is 1550 g/mol. The third-order valence-electron chi connectivity index (χ3n) is 26.5. The summed E-state index contributed by atoms with van der Waals surface area (Å²) in [5, 5.41) is 0. The lowest BCUT2D eigenvalue weighted by molar-refractivity contribution is 0.752. The first-order valence-corrected chi connectivity index (χ1v) is 44.1. The van der Waals surface area contributed by atoms with E-state index in [1.807, 2.05) is 0 Å². The van der Waals surface area contributed by atoms with Crippen molar-refractivity contribution in [1.29, 1.82) is 0 Å². The van der Waals surface area contributed by atoms with Crippen LogP contribution in [0.25, 0.3) is 55.6 Å². The highest BCUT2D eigenvalue weighted by atomic mass is 15.2. The zero-order valence-electron chi connectivity index (χ0n) is 70.2. The van der Waals surface area contributed by atoms with Gasteiger partial charge in [-0.2, -0.15) is 0 Å². The fourth-order valence-corrected chi connectivity index (χ4v) is 21.1. The van der Waals surface area contributed by atoms with Gasteiger partial charge in [-0.15, -0.1) is 0 Å². The Morgan fingerprint density at radius 1 is 0.133 bits per heavy atom. The van der Waals surface area contributed by atoms with Crippen LogP contribution in [0, 0.1) is 0 Å². The Morgan fingerprint density at radius 2 is 0.328 bits per heavy atom. The number of benzene rings is 20. The van der Waals surface area contributed by atoms with Gasteiger partial charge in [0.1, 0.15) is 0 Å². The first kappa shape index (κ1) is 75.0. The highest BCUT2D eigenvalue weighted by Crippen LogP contribution is 2.68. The van der Waals surface area contributed by atoms with Gasteiger partial charge in [0.15, 0.2) is 0 Å². The number of rotatable bonds is 17. The third-order valence-corrected chi connectivity index (χ3v) is 26.5. The van der Waals surface area contributed by atoms with Gasteiger partial charge < -0.3 is 29.4 Å². The van der Waals surface area contributed by atoms with Crippen molar-refractivity contribution in [2.24, 2.45) is 0 Å². The lowest BCUT2D eigenvalue weighted by Crippen LogP contribution is -2.36. The second kappa shape index (κ2) is 31.2. The monoisotopic (exact) mass is 1630 g/mol. The molecule has 0 saturated heterocycles. The summed E-state index contributed by atoms with van der Waals surface area (Å²) >= 11 is 0. The Bertz CT molecular complexity index is 7430. The van der Waals surface area contributed by atoms with Gasteiger partial charge in [0, 0.05) is 79.6 Å². The molecule has 6 nitrogen and oxygen atoms in total. The second-order valence-electron chi connectivity index (χ2n) is 33.4. The van der Waals surface area contributed by atoms with Crippen molar-refractivity contribution in [3.63, 3.8) is 0 Å². The van der Waals surface area contributed by atoms with Crippen LogP contribution in [-0.2, 0) is 10.8 Å². The fraction of sp³-hybridized carbons (Fsp3) is 0.0164. The average Bonchev–Trinajstić information content (AvgIpc) is 1.50. The number of nitrogens with zero attached hydrogens (tertiary/aromatic N) is 6. The van der Waals surface area contributed by atoms with Crippen molar-refractivity contribution in [2.45, 2.75) is 10.8 Å². The molecule has 20 aromatic rings. The Balaban J connectivity index is 0.671. The number of fused-ring (bicyclic) bond motifs is 18. The van der Waals surface area contributed by atoms with E-state index in [2.05, 4.69) is 539 Å². The molecule has 0 amide bonds. The van der Waals surface area contributed by atoms with Crippen molar-refractivity contribution >= 4 is 102 Å². The Labute approximate surface area is 747 Å². The predicted molar refractivity (Wildman–Crippen MR) is 533 cm³/mol. The first-order valence-electron chi connectivity index (χ1n) is 44.1. The van der Waals surface area contributed by atoms with Crippen LogP contribution in [0.2, 0.25) is 0 Å². The molecule has 20 aromatic carbocycles. The minimum Gasteiger partial charge on any atom is -0.310 e. The van der Waals surface area contributed by atoms with E-state index >= 15 is 0 Å². The highest BCUT2D eigenvalue weighted by Gasteiger charge is 2.55. The van der Waals surface area contributed by atoms with E-state index in [1.165, 1.54) is 77.9 Å². The quantitative estimate of drug-likeness (QED) is 0.0899. The summed E-state index contributed by atoms with van der Waals surface area (Å²) in [6.07, 6.45) is 0. The summed E-state index contributed by atoms with van der Waals surface area (Å²) in [7, 11) is 0. The molecule has 0 bridgehead atoms. The standard InChI is InChI=1S/C122H84N6/c1-9-35-85(36-10-1)87-63-67-97(68-64-87)124(93-45-17-5-18-46-93)102-72-76-106-108-78-74-104(84-116(108)122(114(106)82-102)111-57-27-31-61-119(111)128(96-51-23-8-24-52-96)120-62-32-28-58-112(120)122)126(98-69-65-88(66-70-98)86-37-11-2-12-38-86)100-54-34-40-90(80-100)89-39-33-53-99(79-89)125(94-47-19-6-20-48-94)103-73-77-107-105-75-71-101(123(91-41-13-3-14-42-91)92-43-15-4-16-44-92)81-113(105)121(115(107)83-103)109-55-25-29-59-117(109)127(95-49-21-7-22-50-95)118-60-30-26-56-110(118)121/h1-84H. The van der Waals surface area contributed by atoms with Crippen LogP contribution >= 0.6 is 0 Å². The fourth-order valence-electron chi connectivity index (χ4n) is 21.1. The molecule has 602 valence electrons. The van der Waals surface area contributed by atoms with E-state index in [-0.39, 0.29) is 0 Å². The zero-order valence-corrected chi connectivity index (χ0v) is 70.2. The van der Waals surface area contributed by atoms with Gasteiger partial charge in [-0.1, -0.05) is 315 Å². The molecule has 0 saturated carbocycles. The van der Waals surface area contributed by atoms with Gasteiger partial charge in [0.05, 0.1) is 33.6 Å². The van der Waals surface area contributed by atoms with E-state index in [0.29, 0.717) is 0 Å². The summed E-state index contributed by atoms with van der Waals surface area (Å²) in [5.41, 5.74) is 39.0. The normalized spacial score (nSPS) is 12.9. The summed E-state index contributed by atoms with van der Waals surface area (Å²) in [5.74, 6) is 0. The summed E-state index contributed by atoms with van der Waals surface area (Å²) in [6, 6.07) is 189. The maximum atomic E-state index is 2.53. The molecule has 0 unspecified atom stereocenters. The Hall–Kier alpha value is -16.8. The van der Waals surface area contributed by atoms with Crippen LogP contribution in [0.4, 0.5) is 102 Å². The van der Waals surface area contributed by atoms with E-state index in [4.69, 9.17) is 0 Å². The van der Waals surface area contributed by atoms with Gasteiger partial charge in [0.25, 0.3) is 0 Å². The van der Waals surface area contributed by atoms with Gasteiger partial charge in [-0.3, -0.25) is 0 Å². The Morgan fingerprint density at radius 3 is 0.609 bits per heavy atom. The number of anilines is 18. The van der Waals surface area contributed by atoms with Gasteiger partial charge >= 0.3 is 0 Å². The molecule has 2 heterocycles. The molecule has 128 heavy (non-hydrogen) atoms. The molecule has 2 aliphatic heterocycles. The van der Waals surface area contributed by atoms with Crippen LogP contribution < -0.4 is 29.4 Å². The minimum atomic E-state index is -0.834. The molecular formula is C122H84N6. The van der Waals surface area contributed by atoms with Crippen LogP contribution in [0.5, 0.6) is 0 Å². The SMILES string of the molecule is c1ccc(-c2ccc(N(c3ccccc3)c3ccc4c(c3)C3(c5cc(N(c6ccc(-c7ccccc7)cc6)c6cccc(-c7cccc(N(c8ccccc8)c8ccc9c(c8)C8(c%10cc(N(c%11ccccc%11)c%11ccccc%11)ccc%10-9)c9ccccc9N(c9ccccc9)c9ccccc98)c7)c6)ccc5-4)c4ccccc4N(c4ccccc4)c4ccccc43)cc2)cc1. The third kappa shape index (κ3) is 12.2. The lowest BCUT2D eigenvalue weighted by atomic mass is 9.64. The molecule has 0 radical (unpaired) electrons. The smallest absolute Gasteiger partial charge is 0.0755 e. The molecule has 6 heteroatoms. The molecule has 0 atom stereocenters. The molecule has 2 spiro atoms. The predicted octanol–water partition coefficient (Wildman–Crippen LogP) is 32.9. The van der Waals surface area contributed by atoms with Gasteiger partial charge in [-0.05, 0) is 294 Å². The highest BCUT2D eigenvalue weighted by molar-refractivity contribution is 6.02. The summed E-state index contributed by atoms with van der Waals surface area (Å²) in [6.45, 7) is 0. The molecule has 2 aliphatic carbocycles. The molecule has 4 aliphatic rings. The van der Waals surface area contributed by atoms with Crippen molar-refractivity contribution in [3.05, 3.63) is 554 Å². The van der Waals surface area contributed by atoms with E-state index < -0.39 is 10.8 Å². The first-order chi connectivity index (χ1) is 63.5. The van der Waals surface area contributed by atoms with Crippen LogP contribution in [0.1, 0.15) is 44.5 Å². The van der Waals surface area contributed by atoms with Crippen LogP contribution in [-0.4, -0.2) is 0 Å². The number of hydrogen-bond donors (Lipinski definition) is 0. The minimum absolute atomic E-state index is 0.796.